The Hall–Kier alpha value is -3.16. The Morgan fingerprint density at radius 3 is 2.41 bits per heavy atom. The van der Waals surface area contributed by atoms with Gasteiger partial charge in [-0.25, -0.2) is 4.79 Å². The number of rotatable bonds is 4. The van der Waals surface area contributed by atoms with E-state index >= 15 is 0 Å². The zero-order valence-electron chi connectivity index (χ0n) is 15.3. The molecule has 0 atom stereocenters. The van der Waals surface area contributed by atoms with E-state index in [0.717, 1.165) is 0 Å². The van der Waals surface area contributed by atoms with E-state index in [9.17, 15) is 19.7 Å². The van der Waals surface area contributed by atoms with Crippen molar-refractivity contribution in [2.75, 3.05) is 12.0 Å². The van der Waals surface area contributed by atoms with Gasteiger partial charge >= 0.3 is 5.97 Å². The second-order valence-corrected chi connectivity index (χ2v) is 6.93. The SMILES string of the molecule is COC(=O)C1=C(C)N(c2ccc(Cl)cc2)C(=O)/C1=C\c1cc([N+](=O)[O-])ccc1Cl. The number of hydrogen-bond acceptors (Lipinski definition) is 5. The van der Waals surface area contributed by atoms with Crippen LogP contribution in [0.5, 0.6) is 0 Å². The number of nitrogens with zero attached hydrogens (tertiary/aromatic N) is 2. The van der Waals surface area contributed by atoms with Crippen molar-refractivity contribution in [3.8, 4) is 0 Å². The number of nitro benzene ring substituents is 1. The van der Waals surface area contributed by atoms with Crippen LogP contribution in [-0.4, -0.2) is 23.9 Å². The van der Waals surface area contributed by atoms with Crippen LogP contribution in [0.2, 0.25) is 10.0 Å². The second-order valence-electron chi connectivity index (χ2n) is 6.09. The Morgan fingerprint density at radius 1 is 1.17 bits per heavy atom. The Morgan fingerprint density at radius 2 is 1.83 bits per heavy atom. The highest BCUT2D eigenvalue weighted by molar-refractivity contribution is 6.33. The molecule has 0 saturated heterocycles. The first-order valence-corrected chi connectivity index (χ1v) is 9.05. The van der Waals surface area contributed by atoms with Gasteiger partial charge in [-0.05, 0) is 43.3 Å². The van der Waals surface area contributed by atoms with Crippen LogP contribution in [0.3, 0.4) is 0 Å². The maximum absolute atomic E-state index is 13.2. The lowest BCUT2D eigenvalue weighted by atomic mass is 10.0. The van der Waals surface area contributed by atoms with Gasteiger partial charge in [-0.3, -0.25) is 19.8 Å². The Balaban J connectivity index is 2.17. The number of carbonyl (C=O) groups excluding carboxylic acids is 2. The molecule has 9 heteroatoms. The molecular formula is C20H14Cl2N2O5. The summed E-state index contributed by atoms with van der Waals surface area (Å²) in [5, 5.41) is 11.8. The fourth-order valence-electron chi connectivity index (χ4n) is 2.99. The fraction of sp³-hybridized carbons (Fsp3) is 0.100. The zero-order chi connectivity index (χ0) is 21.3. The molecule has 148 valence electrons. The third-order valence-electron chi connectivity index (χ3n) is 4.36. The number of benzene rings is 2. The van der Waals surface area contributed by atoms with Crippen molar-refractivity contribution >= 4 is 52.5 Å². The summed E-state index contributed by atoms with van der Waals surface area (Å²) >= 11 is 12.1. The molecule has 0 saturated carbocycles. The third-order valence-corrected chi connectivity index (χ3v) is 4.96. The van der Waals surface area contributed by atoms with Crippen molar-refractivity contribution in [2.24, 2.45) is 0 Å². The van der Waals surface area contributed by atoms with Crippen molar-refractivity contribution in [2.45, 2.75) is 6.92 Å². The first kappa shape index (κ1) is 20.6. The maximum atomic E-state index is 13.2. The van der Waals surface area contributed by atoms with Crippen LogP contribution in [0.4, 0.5) is 11.4 Å². The number of methoxy groups -OCH3 is 1. The second kappa shape index (κ2) is 8.06. The molecule has 0 fully saturated rings. The lowest BCUT2D eigenvalue weighted by Crippen LogP contribution is -2.24. The number of anilines is 1. The van der Waals surface area contributed by atoms with E-state index in [-0.39, 0.29) is 27.4 Å². The van der Waals surface area contributed by atoms with Gasteiger partial charge in [-0.1, -0.05) is 23.2 Å². The first-order chi connectivity index (χ1) is 13.7. The van der Waals surface area contributed by atoms with E-state index in [2.05, 4.69) is 0 Å². The molecule has 0 aliphatic carbocycles. The molecule has 0 spiro atoms. The topological polar surface area (TPSA) is 89.8 Å². The number of allylic oxidation sites excluding steroid dienone is 1. The molecule has 1 heterocycles. The van der Waals surface area contributed by atoms with Gasteiger partial charge in [0.05, 0.1) is 23.2 Å². The maximum Gasteiger partial charge on any atom is 0.340 e. The minimum absolute atomic E-state index is 0.0201. The molecule has 2 aromatic carbocycles. The fourth-order valence-corrected chi connectivity index (χ4v) is 3.29. The van der Waals surface area contributed by atoms with E-state index in [1.807, 2.05) is 0 Å². The summed E-state index contributed by atoms with van der Waals surface area (Å²) in [4.78, 5) is 37.4. The molecule has 3 rings (SSSR count). The van der Waals surface area contributed by atoms with Crippen LogP contribution in [0.1, 0.15) is 12.5 Å². The normalized spacial score (nSPS) is 15.2. The summed E-state index contributed by atoms with van der Waals surface area (Å²) in [7, 11) is 1.20. The quantitative estimate of drug-likeness (QED) is 0.300. The molecule has 0 bridgehead atoms. The first-order valence-electron chi connectivity index (χ1n) is 8.29. The molecule has 0 N–H and O–H groups in total. The molecular weight excluding hydrogens is 419 g/mol. The van der Waals surface area contributed by atoms with E-state index < -0.39 is 16.8 Å². The molecule has 0 unspecified atom stereocenters. The zero-order valence-corrected chi connectivity index (χ0v) is 16.8. The van der Waals surface area contributed by atoms with Crippen molar-refractivity contribution in [3.05, 3.63) is 85.0 Å². The van der Waals surface area contributed by atoms with Crippen LogP contribution in [0.15, 0.2) is 59.3 Å². The summed E-state index contributed by atoms with van der Waals surface area (Å²) < 4.78 is 4.84. The van der Waals surface area contributed by atoms with E-state index in [1.54, 1.807) is 31.2 Å². The lowest BCUT2D eigenvalue weighted by molar-refractivity contribution is -0.384. The largest absolute Gasteiger partial charge is 0.465 e. The molecule has 0 radical (unpaired) electrons. The molecule has 1 amide bonds. The van der Waals surface area contributed by atoms with Crippen LogP contribution in [0.25, 0.3) is 6.08 Å². The average molecular weight is 433 g/mol. The van der Waals surface area contributed by atoms with Crippen molar-refractivity contribution in [1.29, 1.82) is 0 Å². The monoisotopic (exact) mass is 432 g/mol. The number of halogens is 2. The molecule has 0 aromatic heterocycles. The number of hydrogen-bond donors (Lipinski definition) is 0. The summed E-state index contributed by atoms with van der Waals surface area (Å²) in [5.74, 6) is -1.20. The van der Waals surface area contributed by atoms with Crippen LogP contribution >= 0.6 is 23.2 Å². The Kier molecular flexibility index (Phi) is 5.72. The molecule has 2 aromatic rings. The highest BCUT2D eigenvalue weighted by Gasteiger charge is 2.38. The predicted octanol–water partition coefficient (Wildman–Crippen LogP) is 4.78. The van der Waals surface area contributed by atoms with Crippen LogP contribution < -0.4 is 4.90 Å². The van der Waals surface area contributed by atoms with E-state index in [0.29, 0.717) is 16.4 Å². The Bertz CT molecular complexity index is 1090. The highest BCUT2D eigenvalue weighted by Crippen LogP contribution is 2.37. The van der Waals surface area contributed by atoms with Gasteiger partial charge in [0.15, 0.2) is 0 Å². The van der Waals surface area contributed by atoms with Crippen molar-refractivity contribution in [1.82, 2.24) is 0 Å². The average Bonchev–Trinajstić information content (AvgIpc) is 2.93. The van der Waals surface area contributed by atoms with Gasteiger partial charge in [-0.15, -0.1) is 0 Å². The number of ether oxygens (including phenoxy) is 1. The van der Waals surface area contributed by atoms with Crippen LogP contribution in [-0.2, 0) is 14.3 Å². The van der Waals surface area contributed by atoms with Gasteiger partial charge < -0.3 is 4.74 Å². The number of non-ortho nitro benzene ring substituents is 1. The number of nitro groups is 1. The van der Waals surface area contributed by atoms with Gasteiger partial charge in [0.25, 0.3) is 11.6 Å². The van der Waals surface area contributed by atoms with Crippen molar-refractivity contribution < 1.29 is 19.2 Å². The van der Waals surface area contributed by atoms with Crippen LogP contribution in [0, 0.1) is 10.1 Å². The summed E-state index contributed by atoms with van der Waals surface area (Å²) in [6.45, 7) is 1.61. The smallest absolute Gasteiger partial charge is 0.340 e. The lowest BCUT2D eigenvalue weighted by Gasteiger charge is -2.17. The standard InChI is InChI=1S/C20H14Cl2N2O5/c1-11-18(20(26)29-2)16(10-12-9-15(24(27)28)7-8-17(12)22)19(25)23(11)14-5-3-13(21)4-6-14/h3-10H,1-2H3/b16-10-. The minimum atomic E-state index is -0.708. The minimum Gasteiger partial charge on any atom is -0.465 e. The number of carbonyl (C=O) groups is 2. The van der Waals surface area contributed by atoms with Gasteiger partial charge in [-0.2, -0.15) is 0 Å². The molecule has 7 nitrogen and oxygen atoms in total. The van der Waals surface area contributed by atoms with Crippen molar-refractivity contribution in [3.63, 3.8) is 0 Å². The summed E-state index contributed by atoms with van der Waals surface area (Å²) in [6.07, 6.45) is 1.35. The highest BCUT2D eigenvalue weighted by atomic mass is 35.5. The number of amides is 1. The molecule has 1 aliphatic rings. The number of esters is 1. The van der Waals surface area contributed by atoms with Gasteiger partial charge in [0, 0.05) is 39.1 Å². The third kappa shape index (κ3) is 3.87. The summed E-state index contributed by atoms with van der Waals surface area (Å²) in [5.41, 5.74) is 0.975. The molecule has 1 aliphatic heterocycles. The van der Waals surface area contributed by atoms with E-state index in [1.165, 1.54) is 36.3 Å². The van der Waals surface area contributed by atoms with E-state index in [4.69, 9.17) is 27.9 Å². The predicted molar refractivity (Wildman–Crippen MR) is 110 cm³/mol. The van der Waals surface area contributed by atoms with Gasteiger partial charge in [0.2, 0.25) is 0 Å². The molecule has 29 heavy (non-hydrogen) atoms. The Labute approximate surface area is 175 Å². The summed E-state index contributed by atoms with van der Waals surface area (Å²) in [6, 6.07) is 10.4. The van der Waals surface area contributed by atoms with Gasteiger partial charge in [0.1, 0.15) is 0 Å².